The molecular formula is C17H20N6O. The lowest BCUT2D eigenvalue weighted by Crippen LogP contribution is -2.18. The topological polar surface area (TPSA) is 77.6 Å². The van der Waals surface area contributed by atoms with E-state index >= 15 is 0 Å². The fraction of sp³-hybridized carbons (Fsp3) is 0.294. The lowest BCUT2D eigenvalue weighted by molar-refractivity contribution is -0.116. The lowest BCUT2D eigenvalue weighted by Gasteiger charge is -2.09. The second-order valence-electron chi connectivity index (χ2n) is 5.77. The number of rotatable bonds is 6. The van der Waals surface area contributed by atoms with Crippen LogP contribution >= 0.6 is 0 Å². The Morgan fingerprint density at radius 3 is 2.88 bits per heavy atom. The second kappa shape index (κ2) is 7.08. The molecule has 0 radical (unpaired) electrons. The fourth-order valence-corrected chi connectivity index (χ4v) is 2.52. The Labute approximate surface area is 140 Å². The van der Waals surface area contributed by atoms with Gasteiger partial charge in [-0.1, -0.05) is 29.8 Å². The molecule has 3 aromatic rings. The highest BCUT2D eigenvalue weighted by Crippen LogP contribution is 2.14. The SMILES string of the molecule is Cc1cccc(Cn2nc(C)cc2NC(=O)CCn2cncn2)c1. The fourth-order valence-electron chi connectivity index (χ4n) is 2.52. The molecular weight excluding hydrogens is 304 g/mol. The van der Waals surface area contributed by atoms with Crippen LogP contribution in [0.25, 0.3) is 0 Å². The monoisotopic (exact) mass is 324 g/mol. The van der Waals surface area contributed by atoms with Gasteiger partial charge in [0.2, 0.25) is 5.91 Å². The number of amides is 1. The van der Waals surface area contributed by atoms with Crippen LogP contribution in [0.5, 0.6) is 0 Å². The normalized spacial score (nSPS) is 10.8. The van der Waals surface area contributed by atoms with Crippen LogP contribution in [0.2, 0.25) is 0 Å². The standard InChI is InChI=1S/C17H20N6O/c1-13-4-3-5-15(8-13)10-23-16(9-14(2)21-23)20-17(24)6-7-22-12-18-11-19-22/h3-5,8-9,11-12H,6-7,10H2,1-2H3,(H,20,24). The van der Waals surface area contributed by atoms with Crippen LogP contribution in [-0.4, -0.2) is 30.5 Å². The average Bonchev–Trinajstić information content (AvgIpc) is 3.16. The van der Waals surface area contributed by atoms with Gasteiger partial charge in [0, 0.05) is 12.5 Å². The Balaban J connectivity index is 1.66. The zero-order valence-electron chi connectivity index (χ0n) is 13.8. The first kappa shape index (κ1) is 15.9. The lowest BCUT2D eigenvalue weighted by atomic mass is 10.1. The van der Waals surface area contributed by atoms with Crippen molar-refractivity contribution >= 4 is 11.7 Å². The van der Waals surface area contributed by atoms with E-state index in [0.29, 0.717) is 25.3 Å². The van der Waals surface area contributed by atoms with E-state index in [9.17, 15) is 4.79 Å². The number of benzene rings is 1. The molecule has 0 atom stereocenters. The maximum atomic E-state index is 12.2. The molecule has 0 aliphatic carbocycles. The summed E-state index contributed by atoms with van der Waals surface area (Å²) in [5.41, 5.74) is 3.22. The Kier molecular flexibility index (Phi) is 4.69. The molecule has 2 heterocycles. The highest BCUT2D eigenvalue weighted by molar-refractivity contribution is 5.89. The van der Waals surface area contributed by atoms with Gasteiger partial charge in [-0.25, -0.2) is 9.67 Å². The molecule has 7 heteroatoms. The summed E-state index contributed by atoms with van der Waals surface area (Å²) in [6, 6.07) is 10.1. The van der Waals surface area contributed by atoms with Gasteiger partial charge in [0.05, 0.1) is 18.8 Å². The van der Waals surface area contributed by atoms with Crippen molar-refractivity contribution in [2.75, 3.05) is 5.32 Å². The maximum absolute atomic E-state index is 12.2. The summed E-state index contributed by atoms with van der Waals surface area (Å²) in [5.74, 6) is 0.633. The molecule has 1 amide bonds. The number of hydrogen-bond acceptors (Lipinski definition) is 4. The number of carbonyl (C=O) groups excluding carboxylic acids is 1. The quantitative estimate of drug-likeness (QED) is 0.754. The highest BCUT2D eigenvalue weighted by atomic mass is 16.1. The van der Waals surface area contributed by atoms with E-state index < -0.39 is 0 Å². The minimum atomic E-state index is -0.0732. The third kappa shape index (κ3) is 4.07. The predicted octanol–water partition coefficient (Wildman–Crippen LogP) is 2.17. The molecule has 1 N–H and O–H groups in total. The molecule has 2 aromatic heterocycles. The molecule has 7 nitrogen and oxygen atoms in total. The molecule has 0 saturated carbocycles. The number of anilines is 1. The van der Waals surface area contributed by atoms with Crippen LogP contribution in [0.4, 0.5) is 5.82 Å². The first-order valence-electron chi connectivity index (χ1n) is 7.82. The molecule has 0 saturated heterocycles. The van der Waals surface area contributed by atoms with Crippen molar-refractivity contribution in [1.29, 1.82) is 0 Å². The number of hydrogen-bond donors (Lipinski definition) is 1. The number of aromatic nitrogens is 5. The van der Waals surface area contributed by atoms with Crippen molar-refractivity contribution in [3.8, 4) is 0 Å². The van der Waals surface area contributed by atoms with E-state index in [1.807, 2.05) is 23.7 Å². The molecule has 0 bridgehead atoms. The van der Waals surface area contributed by atoms with Crippen molar-refractivity contribution in [3.63, 3.8) is 0 Å². The maximum Gasteiger partial charge on any atom is 0.227 e. The van der Waals surface area contributed by atoms with Gasteiger partial charge in [-0.2, -0.15) is 10.2 Å². The van der Waals surface area contributed by atoms with Crippen LogP contribution in [0.15, 0.2) is 43.0 Å². The van der Waals surface area contributed by atoms with E-state index in [-0.39, 0.29) is 5.91 Å². The third-order valence-corrected chi connectivity index (χ3v) is 3.62. The van der Waals surface area contributed by atoms with Gasteiger partial charge in [-0.3, -0.25) is 9.48 Å². The summed E-state index contributed by atoms with van der Waals surface area (Å²) >= 11 is 0. The molecule has 0 unspecified atom stereocenters. The van der Waals surface area contributed by atoms with Crippen molar-refractivity contribution < 1.29 is 4.79 Å². The largest absolute Gasteiger partial charge is 0.311 e. The van der Waals surface area contributed by atoms with E-state index in [2.05, 4.69) is 45.6 Å². The van der Waals surface area contributed by atoms with Gasteiger partial charge in [0.25, 0.3) is 0 Å². The third-order valence-electron chi connectivity index (χ3n) is 3.62. The van der Waals surface area contributed by atoms with Gasteiger partial charge >= 0.3 is 0 Å². The van der Waals surface area contributed by atoms with E-state index in [0.717, 1.165) is 11.3 Å². The smallest absolute Gasteiger partial charge is 0.227 e. The number of nitrogens with one attached hydrogen (secondary N) is 1. The summed E-state index contributed by atoms with van der Waals surface area (Å²) in [7, 11) is 0. The zero-order valence-corrected chi connectivity index (χ0v) is 13.8. The van der Waals surface area contributed by atoms with Crippen LogP contribution in [-0.2, 0) is 17.9 Å². The molecule has 0 aliphatic heterocycles. The number of nitrogens with zero attached hydrogens (tertiary/aromatic N) is 5. The zero-order chi connectivity index (χ0) is 16.9. The molecule has 124 valence electrons. The van der Waals surface area contributed by atoms with Gasteiger partial charge < -0.3 is 5.32 Å². The van der Waals surface area contributed by atoms with Gasteiger partial charge in [-0.05, 0) is 19.4 Å². The predicted molar refractivity (Wildman–Crippen MR) is 90.5 cm³/mol. The summed E-state index contributed by atoms with van der Waals surface area (Å²) < 4.78 is 3.45. The van der Waals surface area contributed by atoms with Crippen molar-refractivity contribution in [3.05, 3.63) is 59.8 Å². The van der Waals surface area contributed by atoms with Crippen molar-refractivity contribution in [1.82, 2.24) is 24.5 Å². The molecule has 3 rings (SSSR count). The minimum Gasteiger partial charge on any atom is -0.311 e. The van der Waals surface area contributed by atoms with Crippen molar-refractivity contribution in [2.45, 2.75) is 33.4 Å². The molecule has 1 aromatic carbocycles. The summed E-state index contributed by atoms with van der Waals surface area (Å²) in [6.07, 6.45) is 3.38. The highest BCUT2D eigenvalue weighted by Gasteiger charge is 2.10. The Morgan fingerprint density at radius 2 is 2.12 bits per heavy atom. The van der Waals surface area contributed by atoms with E-state index in [1.165, 1.54) is 11.9 Å². The van der Waals surface area contributed by atoms with E-state index in [1.54, 1.807) is 11.0 Å². The average molecular weight is 324 g/mol. The molecule has 0 aliphatic rings. The van der Waals surface area contributed by atoms with Crippen LogP contribution < -0.4 is 5.32 Å². The molecule has 24 heavy (non-hydrogen) atoms. The van der Waals surface area contributed by atoms with Crippen LogP contribution in [0.1, 0.15) is 23.2 Å². The summed E-state index contributed by atoms with van der Waals surface area (Å²) in [6.45, 7) is 5.09. The Bertz CT molecular complexity index is 821. The summed E-state index contributed by atoms with van der Waals surface area (Å²) in [5, 5.41) is 11.4. The van der Waals surface area contributed by atoms with Gasteiger partial charge in [0.15, 0.2) is 0 Å². The van der Waals surface area contributed by atoms with Crippen LogP contribution in [0.3, 0.4) is 0 Å². The first-order chi connectivity index (χ1) is 11.6. The Hall–Kier alpha value is -2.96. The first-order valence-corrected chi connectivity index (χ1v) is 7.82. The molecule has 0 spiro atoms. The minimum absolute atomic E-state index is 0.0732. The van der Waals surface area contributed by atoms with Crippen LogP contribution in [0, 0.1) is 13.8 Å². The summed E-state index contributed by atoms with van der Waals surface area (Å²) in [4.78, 5) is 16.0. The van der Waals surface area contributed by atoms with E-state index in [4.69, 9.17) is 0 Å². The number of carbonyl (C=O) groups is 1. The molecule has 0 fully saturated rings. The van der Waals surface area contributed by atoms with Gasteiger partial charge in [0.1, 0.15) is 18.5 Å². The number of aryl methyl sites for hydroxylation is 3. The van der Waals surface area contributed by atoms with Gasteiger partial charge in [-0.15, -0.1) is 0 Å². The Morgan fingerprint density at radius 1 is 1.25 bits per heavy atom. The second-order valence-corrected chi connectivity index (χ2v) is 5.77. The van der Waals surface area contributed by atoms with Crippen molar-refractivity contribution in [2.24, 2.45) is 0 Å².